The number of piperidine rings is 1. The third kappa shape index (κ3) is 4.55. The zero-order valence-electron chi connectivity index (χ0n) is 14.1. The van der Waals surface area contributed by atoms with Gasteiger partial charge in [0.25, 0.3) is 0 Å². The third-order valence-electron chi connectivity index (χ3n) is 4.16. The smallest absolute Gasteiger partial charge is 0.376 e. The van der Waals surface area contributed by atoms with Gasteiger partial charge in [-0.15, -0.1) is 0 Å². The SMILES string of the molecule is CN(C)c1ccc(C(F)(F)F)cc1NC(=O)N1CCCC(C(N)=O)C1. The number of halogens is 3. The van der Waals surface area contributed by atoms with Crippen molar-refractivity contribution < 1.29 is 22.8 Å². The standard InChI is InChI=1S/C16H21F3N4O2/c1-22(2)13-6-5-11(16(17,18)19)8-12(13)21-15(25)23-7-3-4-10(9-23)14(20)24/h5-6,8,10H,3-4,7,9H2,1-2H3,(H2,20,24)(H,21,25). The predicted octanol–water partition coefficient (Wildman–Crippen LogP) is 2.50. The van der Waals surface area contributed by atoms with E-state index in [2.05, 4.69) is 5.32 Å². The van der Waals surface area contributed by atoms with Crippen LogP contribution in [0.25, 0.3) is 0 Å². The van der Waals surface area contributed by atoms with Crippen molar-refractivity contribution in [3.63, 3.8) is 0 Å². The molecule has 1 aromatic carbocycles. The topological polar surface area (TPSA) is 78.7 Å². The summed E-state index contributed by atoms with van der Waals surface area (Å²) in [4.78, 5) is 26.8. The molecule has 1 aliphatic rings. The van der Waals surface area contributed by atoms with Crippen LogP contribution in [0.1, 0.15) is 18.4 Å². The van der Waals surface area contributed by atoms with Gasteiger partial charge in [0.2, 0.25) is 5.91 Å². The Morgan fingerprint density at radius 2 is 2.00 bits per heavy atom. The molecule has 3 amide bonds. The van der Waals surface area contributed by atoms with Gasteiger partial charge in [-0.3, -0.25) is 4.79 Å². The van der Waals surface area contributed by atoms with E-state index >= 15 is 0 Å². The molecular formula is C16H21F3N4O2. The number of nitrogens with zero attached hydrogens (tertiary/aromatic N) is 2. The van der Waals surface area contributed by atoms with Crippen LogP contribution in [0.5, 0.6) is 0 Å². The highest BCUT2D eigenvalue weighted by Gasteiger charge is 2.32. The van der Waals surface area contributed by atoms with Crippen molar-refractivity contribution in [2.24, 2.45) is 11.7 Å². The van der Waals surface area contributed by atoms with Crippen molar-refractivity contribution in [1.82, 2.24) is 4.90 Å². The van der Waals surface area contributed by atoms with Crippen molar-refractivity contribution in [1.29, 1.82) is 0 Å². The van der Waals surface area contributed by atoms with Gasteiger partial charge in [-0.25, -0.2) is 4.79 Å². The minimum Gasteiger partial charge on any atom is -0.376 e. The minimum atomic E-state index is -4.51. The highest BCUT2D eigenvalue weighted by molar-refractivity contribution is 5.94. The number of carbonyl (C=O) groups excluding carboxylic acids is 2. The Balaban J connectivity index is 2.22. The Labute approximate surface area is 143 Å². The fourth-order valence-corrected chi connectivity index (χ4v) is 2.79. The van der Waals surface area contributed by atoms with E-state index in [1.165, 1.54) is 11.0 Å². The Morgan fingerprint density at radius 1 is 1.32 bits per heavy atom. The lowest BCUT2D eigenvalue weighted by Crippen LogP contribution is -2.45. The van der Waals surface area contributed by atoms with Crippen LogP contribution in [0.2, 0.25) is 0 Å². The number of nitrogens with two attached hydrogens (primary N) is 1. The molecule has 9 heteroatoms. The van der Waals surface area contributed by atoms with E-state index in [-0.39, 0.29) is 12.2 Å². The molecule has 6 nitrogen and oxygen atoms in total. The molecule has 1 aromatic rings. The van der Waals surface area contributed by atoms with Gasteiger partial charge in [-0.2, -0.15) is 13.2 Å². The maximum absolute atomic E-state index is 12.9. The van der Waals surface area contributed by atoms with Crippen LogP contribution in [0.15, 0.2) is 18.2 Å². The summed E-state index contributed by atoms with van der Waals surface area (Å²) >= 11 is 0. The van der Waals surface area contributed by atoms with E-state index in [4.69, 9.17) is 5.73 Å². The number of nitrogens with one attached hydrogen (secondary N) is 1. The average Bonchev–Trinajstić information content (AvgIpc) is 2.53. The van der Waals surface area contributed by atoms with Crippen molar-refractivity contribution in [2.75, 3.05) is 37.4 Å². The monoisotopic (exact) mass is 358 g/mol. The molecule has 0 aromatic heterocycles. The Bertz CT molecular complexity index is 661. The van der Waals surface area contributed by atoms with Crippen LogP contribution in [0.4, 0.5) is 29.3 Å². The summed E-state index contributed by atoms with van der Waals surface area (Å²) in [6.07, 6.45) is -3.29. The van der Waals surface area contributed by atoms with Gasteiger partial charge in [0.1, 0.15) is 0 Å². The summed E-state index contributed by atoms with van der Waals surface area (Å²) in [7, 11) is 3.34. The molecule has 0 bridgehead atoms. The molecule has 1 heterocycles. The van der Waals surface area contributed by atoms with E-state index in [0.29, 0.717) is 25.1 Å². The third-order valence-corrected chi connectivity index (χ3v) is 4.16. The van der Waals surface area contributed by atoms with Crippen molar-refractivity contribution in [3.05, 3.63) is 23.8 Å². The molecule has 1 atom stereocenters. The number of rotatable bonds is 3. The van der Waals surface area contributed by atoms with Crippen molar-refractivity contribution in [2.45, 2.75) is 19.0 Å². The first kappa shape index (κ1) is 18.9. The summed E-state index contributed by atoms with van der Waals surface area (Å²) in [5.74, 6) is -0.917. The number of likely N-dealkylation sites (tertiary alicyclic amines) is 1. The van der Waals surface area contributed by atoms with Crippen LogP contribution in [0.3, 0.4) is 0 Å². The Hall–Kier alpha value is -2.45. The minimum absolute atomic E-state index is 0.0611. The van der Waals surface area contributed by atoms with Gasteiger partial charge >= 0.3 is 12.2 Å². The molecular weight excluding hydrogens is 337 g/mol. The van der Waals surface area contributed by atoms with Crippen LogP contribution in [0, 0.1) is 5.92 Å². The second-order valence-corrected chi connectivity index (χ2v) is 6.24. The van der Waals surface area contributed by atoms with Gasteiger partial charge in [0, 0.05) is 27.2 Å². The van der Waals surface area contributed by atoms with Gasteiger partial charge in [-0.05, 0) is 31.0 Å². The van der Waals surface area contributed by atoms with Gasteiger partial charge in [-0.1, -0.05) is 0 Å². The number of carbonyl (C=O) groups is 2. The molecule has 1 aliphatic heterocycles. The lowest BCUT2D eigenvalue weighted by atomic mass is 9.98. The highest BCUT2D eigenvalue weighted by Crippen LogP contribution is 2.35. The number of hydrogen-bond acceptors (Lipinski definition) is 3. The second kappa shape index (κ2) is 7.20. The number of amides is 3. The predicted molar refractivity (Wildman–Crippen MR) is 88.3 cm³/mol. The lowest BCUT2D eigenvalue weighted by molar-refractivity contribution is -0.137. The number of alkyl halides is 3. The average molecular weight is 358 g/mol. The zero-order chi connectivity index (χ0) is 18.8. The fraction of sp³-hybridized carbons (Fsp3) is 0.500. The highest BCUT2D eigenvalue weighted by atomic mass is 19.4. The van der Waals surface area contributed by atoms with Crippen molar-refractivity contribution in [3.8, 4) is 0 Å². The van der Waals surface area contributed by atoms with E-state index in [1.807, 2.05) is 0 Å². The summed E-state index contributed by atoms with van der Waals surface area (Å²) in [6, 6.07) is 2.63. The number of primary amides is 1. The molecule has 25 heavy (non-hydrogen) atoms. The second-order valence-electron chi connectivity index (χ2n) is 6.24. The van der Waals surface area contributed by atoms with Crippen LogP contribution >= 0.6 is 0 Å². The van der Waals surface area contributed by atoms with Crippen LogP contribution in [-0.4, -0.2) is 44.0 Å². The quantitative estimate of drug-likeness (QED) is 0.871. The fourth-order valence-electron chi connectivity index (χ4n) is 2.79. The zero-order valence-corrected chi connectivity index (χ0v) is 14.1. The van der Waals surface area contributed by atoms with E-state index in [1.54, 1.807) is 19.0 Å². The summed E-state index contributed by atoms with van der Waals surface area (Å²) in [5.41, 5.74) is 4.95. The maximum Gasteiger partial charge on any atom is 0.416 e. The molecule has 1 fully saturated rings. The molecule has 0 aliphatic carbocycles. The Morgan fingerprint density at radius 3 is 2.56 bits per heavy atom. The molecule has 1 unspecified atom stereocenters. The van der Waals surface area contributed by atoms with Gasteiger partial charge < -0.3 is 20.9 Å². The molecule has 0 radical (unpaired) electrons. The molecule has 138 valence electrons. The first-order valence-electron chi connectivity index (χ1n) is 7.83. The molecule has 3 N–H and O–H groups in total. The van der Waals surface area contributed by atoms with Crippen molar-refractivity contribution >= 4 is 23.3 Å². The first-order valence-corrected chi connectivity index (χ1v) is 7.83. The molecule has 0 spiro atoms. The Kier molecular flexibility index (Phi) is 5.44. The van der Waals surface area contributed by atoms with Crippen LogP contribution in [-0.2, 0) is 11.0 Å². The van der Waals surface area contributed by atoms with Gasteiger partial charge in [0.15, 0.2) is 0 Å². The first-order chi connectivity index (χ1) is 11.6. The van der Waals surface area contributed by atoms with Gasteiger partial charge in [0.05, 0.1) is 22.9 Å². The summed E-state index contributed by atoms with van der Waals surface area (Å²) < 4.78 is 38.8. The van der Waals surface area contributed by atoms with E-state index in [0.717, 1.165) is 12.1 Å². The number of anilines is 2. The normalized spacial score (nSPS) is 18.0. The van der Waals surface area contributed by atoms with E-state index in [9.17, 15) is 22.8 Å². The number of urea groups is 1. The molecule has 2 rings (SSSR count). The summed E-state index contributed by atoms with van der Waals surface area (Å²) in [5, 5.41) is 2.53. The lowest BCUT2D eigenvalue weighted by Gasteiger charge is -2.31. The largest absolute Gasteiger partial charge is 0.416 e. The van der Waals surface area contributed by atoms with E-state index < -0.39 is 29.6 Å². The van der Waals surface area contributed by atoms with Crippen LogP contribution < -0.4 is 16.0 Å². The molecule has 0 saturated carbocycles. The maximum atomic E-state index is 12.9. The number of benzene rings is 1. The molecule has 1 saturated heterocycles. The summed E-state index contributed by atoms with van der Waals surface area (Å²) in [6.45, 7) is 0.587. The number of hydrogen-bond donors (Lipinski definition) is 2.